The molecule has 0 fully saturated rings. The fraction of sp³-hybridized carbons (Fsp3) is 0.375. The van der Waals surface area contributed by atoms with Crippen molar-refractivity contribution >= 4 is 21.6 Å². The molecule has 0 aromatic carbocycles. The van der Waals surface area contributed by atoms with E-state index in [1.165, 1.54) is 0 Å². The van der Waals surface area contributed by atoms with Crippen LogP contribution in [0.25, 0.3) is 0 Å². The number of rotatable bonds is 5. The second-order valence-corrected chi connectivity index (χ2v) is 7.67. The highest BCUT2D eigenvalue weighted by molar-refractivity contribution is 8.76. The van der Waals surface area contributed by atoms with Gasteiger partial charge in [-0.25, -0.2) is 0 Å². The molecular formula is C16H20N2O2S2. The van der Waals surface area contributed by atoms with Crippen molar-refractivity contribution in [2.45, 2.75) is 39.2 Å². The highest BCUT2D eigenvalue weighted by Gasteiger charge is 2.09. The zero-order valence-electron chi connectivity index (χ0n) is 13.2. The number of pyridine rings is 2. The van der Waals surface area contributed by atoms with Crippen molar-refractivity contribution < 1.29 is 10.2 Å². The minimum absolute atomic E-state index is 0.284. The van der Waals surface area contributed by atoms with Crippen LogP contribution in [-0.2, 0) is 11.5 Å². The molecule has 0 spiro atoms. The van der Waals surface area contributed by atoms with E-state index in [4.69, 9.17) is 0 Å². The summed E-state index contributed by atoms with van der Waals surface area (Å²) in [5.41, 5.74) is 5.20. The van der Waals surface area contributed by atoms with Crippen molar-refractivity contribution in [3.05, 3.63) is 46.0 Å². The maximum absolute atomic E-state index is 9.90. The van der Waals surface area contributed by atoms with Crippen molar-refractivity contribution in [1.82, 2.24) is 9.97 Å². The standard InChI is InChI=1S/C16H20N2O2S2/c1-9-13(5-17-11(3)15(9)19)7-21-22-8-14-6-18-12(4)16(20)10(14)2/h5-6,19-20H,7-8H2,1-4H3. The Bertz CT molecular complexity index is 631. The Balaban J connectivity index is 1.93. The van der Waals surface area contributed by atoms with Crippen LogP contribution in [0.3, 0.4) is 0 Å². The summed E-state index contributed by atoms with van der Waals surface area (Å²) in [6.07, 6.45) is 3.64. The summed E-state index contributed by atoms with van der Waals surface area (Å²) < 4.78 is 0. The number of hydrogen-bond donors (Lipinski definition) is 2. The Morgan fingerprint density at radius 1 is 0.773 bits per heavy atom. The first-order chi connectivity index (χ1) is 10.4. The third-order valence-corrected chi connectivity index (χ3v) is 5.93. The lowest BCUT2D eigenvalue weighted by molar-refractivity contribution is 0.462. The molecule has 0 bridgehead atoms. The number of aryl methyl sites for hydroxylation is 2. The monoisotopic (exact) mass is 336 g/mol. The lowest BCUT2D eigenvalue weighted by Crippen LogP contribution is -1.93. The first-order valence-electron chi connectivity index (χ1n) is 6.94. The predicted octanol–water partition coefficient (Wildman–Crippen LogP) is 4.20. The number of aromatic nitrogens is 2. The molecule has 0 unspecified atom stereocenters. The summed E-state index contributed by atoms with van der Waals surface area (Å²) in [5, 5.41) is 19.8. The fourth-order valence-electron chi connectivity index (χ4n) is 2.01. The van der Waals surface area contributed by atoms with Crippen molar-refractivity contribution in [1.29, 1.82) is 0 Å². The molecular weight excluding hydrogens is 316 g/mol. The molecule has 2 aromatic rings. The lowest BCUT2D eigenvalue weighted by Gasteiger charge is -2.10. The van der Waals surface area contributed by atoms with Gasteiger partial charge in [0.15, 0.2) is 0 Å². The minimum atomic E-state index is 0.284. The Hall–Kier alpha value is -1.40. The van der Waals surface area contributed by atoms with Gasteiger partial charge in [0.2, 0.25) is 0 Å². The molecule has 0 radical (unpaired) electrons. The molecule has 0 aliphatic carbocycles. The zero-order chi connectivity index (χ0) is 16.3. The average molecular weight is 336 g/mol. The minimum Gasteiger partial charge on any atom is -0.506 e. The Morgan fingerprint density at radius 3 is 1.50 bits per heavy atom. The van der Waals surface area contributed by atoms with Crippen LogP contribution in [0.1, 0.15) is 33.6 Å². The molecule has 2 heterocycles. The molecule has 6 heteroatoms. The maximum atomic E-state index is 9.90. The van der Waals surface area contributed by atoms with Gasteiger partial charge in [0.25, 0.3) is 0 Å². The SMILES string of the molecule is Cc1ncc(CSSCc2cnc(C)c(O)c2C)c(C)c1O. The summed E-state index contributed by atoms with van der Waals surface area (Å²) in [6, 6.07) is 0. The van der Waals surface area contributed by atoms with Gasteiger partial charge in [-0.15, -0.1) is 0 Å². The zero-order valence-corrected chi connectivity index (χ0v) is 14.8. The number of nitrogens with zero attached hydrogens (tertiary/aromatic N) is 2. The summed E-state index contributed by atoms with van der Waals surface area (Å²) in [5.74, 6) is 2.13. The van der Waals surface area contributed by atoms with Crippen molar-refractivity contribution in [3.63, 3.8) is 0 Å². The maximum Gasteiger partial charge on any atom is 0.139 e. The van der Waals surface area contributed by atoms with Gasteiger partial charge < -0.3 is 10.2 Å². The summed E-state index contributed by atoms with van der Waals surface area (Å²) in [6.45, 7) is 7.43. The summed E-state index contributed by atoms with van der Waals surface area (Å²) in [7, 11) is 3.41. The van der Waals surface area contributed by atoms with E-state index in [-0.39, 0.29) is 11.5 Å². The van der Waals surface area contributed by atoms with Crippen LogP contribution in [0.5, 0.6) is 11.5 Å². The second-order valence-electron chi connectivity index (χ2n) is 5.21. The number of hydrogen-bond acceptors (Lipinski definition) is 6. The summed E-state index contributed by atoms with van der Waals surface area (Å²) in [4.78, 5) is 8.39. The average Bonchev–Trinajstić information content (AvgIpc) is 2.50. The Kier molecular flexibility index (Phi) is 5.58. The molecule has 0 aliphatic rings. The van der Waals surface area contributed by atoms with E-state index in [0.29, 0.717) is 11.4 Å². The van der Waals surface area contributed by atoms with Crippen LogP contribution >= 0.6 is 21.6 Å². The largest absolute Gasteiger partial charge is 0.506 e. The third kappa shape index (κ3) is 3.67. The Labute approximate surface area is 138 Å². The van der Waals surface area contributed by atoms with Crippen LogP contribution < -0.4 is 0 Å². The van der Waals surface area contributed by atoms with Crippen LogP contribution in [0.4, 0.5) is 0 Å². The molecule has 0 saturated carbocycles. The van der Waals surface area contributed by atoms with Crippen molar-refractivity contribution in [2.75, 3.05) is 0 Å². The van der Waals surface area contributed by atoms with E-state index in [1.807, 2.05) is 26.2 Å². The molecule has 0 saturated heterocycles. The van der Waals surface area contributed by atoms with Crippen molar-refractivity contribution in [2.24, 2.45) is 0 Å². The van der Waals surface area contributed by atoms with Gasteiger partial charge in [-0.05, 0) is 49.9 Å². The first kappa shape index (κ1) is 17.0. The van der Waals surface area contributed by atoms with Gasteiger partial charge in [-0.1, -0.05) is 21.6 Å². The highest BCUT2D eigenvalue weighted by atomic mass is 33.1. The normalized spacial score (nSPS) is 10.9. The molecule has 0 amide bonds. The van der Waals surface area contributed by atoms with Gasteiger partial charge in [-0.3, -0.25) is 9.97 Å². The van der Waals surface area contributed by atoms with Gasteiger partial charge >= 0.3 is 0 Å². The molecule has 118 valence electrons. The van der Waals surface area contributed by atoms with E-state index < -0.39 is 0 Å². The highest BCUT2D eigenvalue weighted by Crippen LogP contribution is 2.34. The quantitative estimate of drug-likeness (QED) is 0.630. The second kappa shape index (κ2) is 7.24. The van der Waals surface area contributed by atoms with Crippen LogP contribution in [0.2, 0.25) is 0 Å². The van der Waals surface area contributed by atoms with Gasteiger partial charge in [-0.2, -0.15) is 0 Å². The molecule has 4 nitrogen and oxygen atoms in total. The fourth-order valence-corrected chi connectivity index (χ4v) is 4.28. The van der Waals surface area contributed by atoms with Gasteiger partial charge in [0.1, 0.15) is 11.5 Å². The molecule has 22 heavy (non-hydrogen) atoms. The van der Waals surface area contributed by atoms with Crippen molar-refractivity contribution in [3.8, 4) is 11.5 Å². The summed E-state index contributed by atoms with van der Waals surface area (Å²) >= 11 is 0. The van der Waals surface area contributed by atoms with E-state index in [9.17, 15) is 10.2 Å². The molecule has 2 N–H and O–H groups in total. The molecule has 2 aromatic heterocycles. The third-order valence-electron chi connectivity index (χ3n) is 3.70. The molecule has 2 rings (SSSR count). The number of aromatic hydroxyl groups is 2. The van der Waals surface area contributed by atoms with E-state index in [1.54, 1.807) is 35.4 Å². The Morgan fingerprint density at radius 2 is 1.14 bits per heavy atom. The smallest absolute Gasteiger partial charge is 0.139 e. The first-order valence-corrected chi connectivity index (χ1v) is 9.43. The van der Waals surface area contributed by atoms with Crippen LogP contribution in [0.15, 0.2) is 12.4 Å². The molecule has 0 aliphatic heterocycles. The van der Waals surface area contributed by atoms with Gasteiger partial charge in [0.05, 0.1) is 11.4 Å². The van der Waals surface area contributed by atoms with Crippen LogP contribution in [-0.4, -0.2) is 20.2 Å². The predicted molar refractivity (Wildman–Crippen MR) is 93.3 cm³/mol. The van der Waals surface area contributed by atoms with Gasteiger partial charge in [0, 0.05) is 23.9 Å². The van der Waals surface area contributed by atoms with E-state index >= 15 is 0 Å². The van der Waals surface area contributed by atoms with Crippen LogP contribution in [0, 0.1) is 27.7 Å². The topological polar surface area (TPSA) is 66.2 Å². The molecule has 0 atom stereocenters. The van der Waals surface area contributed by atoms with E-state index in [2.05, 4.69) is 9.97 Å². The van der Waals surface area contributed by atoms with E-state index in [0.717, 1.165) is 33.8 Å². The lowest BCUT2D eigenvalue weighted by atomic mass is 10.1.